The zero-order valence-corrected chi connectivity index (χ0v) is 18.4. The van der Waals surface area contributed by atoms with E-state index in [1.807, 2.05) is 11.0 Å². The molecule has 2 aliphatic heterocycles. The Labute approximate surface area is 196 Å². The van der Waals surface area contributed by atoms with Gasteiger partial charge in [0.15, 0.2) is 5.82 Å². The average Bonchev–Trinajstić information content (AvgIpc) is 3.47. The molecule has 0 aromatic carbocycles. The van der Waals surface area contributed by atoms with E-state index >= 15 is 0 Å². The number of piperazine rings is 1. The summed E-state index contributed by atoms with van der Waals surface area (Å²) in [5, 5.41) is 7.92. The van der Waals surface area contributed by atoms with Crippen molar-refractivity contribution in [1.29, 1.82) is 0 Å². The second-order valence-electron chi connectivity index (χ2n) is 9.57. The molecule has 6 rings (SSSR count). The van der Waals surface area contributed by atoms with Crippen LogP contribution >= 0.6 is 0 Å². The number of nitrogens with zero attached hydrogens (tertiary/aromatic N) is 7. The molecule has 5 heterocycles. The van der Waals surface area contributed by atoms with Crippen molar-refractivity contribution in [3.05, 3.63) is 31.0 Å². The molecule has 2 unspecified atom stereocenters. The van der Waals surface area contributed by atoms with E-state index in [4.69, 9.17) is 0 Å². The summed E-state index contributed by atoms with van der Waals surface area (Å²) in [7, 11) is 0. The van der Waals surface area contributed by atoms with Gasteiger partial charge in [-0.3, -0.25) is 4.79 Å². The number of amides is 1. The van der Waals surface area contributed by atoms with E-state index in [0.717, 1.165) is 12.8 Å². The number of halogens is 5. The third kappa shape index (κ3) is 3.71. The molecule has 0 N–H and O–H groups in total. The monoisotopic (exact) mass is 495 g/mol. The lowest BCUT2D eigenvalue weighted by molar-refractivity contribution is -0.207. The molecule has 3 aromatic heterocycles. The maximum absolute atomic E-state index is 13.0. The third-order valence-electron chi connectivity index (χ3n) is 7.51. The largest absolute Gasteiger partial charge is 0.391 e. The maximum Gasteiger partial charge on any atom is 0.391 e. The van der Waals surface area contributed by atoms with Gasteiger partial charge in [0.25, 0.3) is 0 Å². The van der Waals surface area contributed by atoms with Crippen molar-refractivity contribution >= 4 is 17.2 Å². The molecule has 1 aliphatic carbocycles. The summed E-state index contributed by atoms with van der Waals surface area (Å²) in [5.74, 6) is -1.42. The van der Waals surface area contributed by atoms with Crippen molar-refractivity contribution in [3.63, 3.8) is 0 Å². The van der Waals surface area contributed by atoms with Gasteiger partial charge in [0.2, 0.25) is 5.91 Å². The third-order valence-corrected chi connectivity index (χ3v) is 7.51. The minimum absolute atomic E-state index is 0.0834. The molecule has 0 spiro atoms. The summed E-state index contributed by atoms with van der Waals surface area (Å²) in [5.41, 5.74) is 1.88. The van der Waals surface area contributed by atoms with Gasteiger partial charge < -0.3 is 9.80 Å². The molecule has 2 atom stereocenters. The SMILES string of the molecule is O=C([C@H]1C[C@@H](C(F)(F)F)C1)N1C2CCC1CN(c1ncnn3cc(-c4cnn(C(F)F)c4)cc13)C2. The van der Waals surface area contributed by atoms with Gasteiger partial charge in [0, 0.05) is 54.6 Å². The summed E-state index contributed by atoms with van der Waals surface area (Å²) < 4.78 is 66.7. The molecule has 8 nitrogen and oxygen atoms in total. The Morgan fingerprint density at radius 1 is 1.03 bits per heavy atom. The van der Waals surface area contributed by atoms with Crippen LogP contribution in [0.3, 0.4) is 0 Å². The van der Waals surface area contributed by atoms with Gasteiger partial charge >= 0.3 is 12.7 Å². The van der Waals surface area contributed by atoms with Crippen LogP contribution in [0.1, 0.15) is 32.2 Å². The van der Waals surface area contributed by atoms with Gasteiger partial charge in [-0.25, -0.2) is 14.2 Å². The van der Waals surface area contributed by atoms with Gasteiger partial charge in [0.05, 0.1) is 12.1 Å². The molecule has 2 saturated heterocycles. The van der Waals surface area contributed by atoms with Crippen LogP contribution in [0.15, 0.2) is 31.0 Å². The fourth-order valence-corrected chi connectivity index (χ4v) is 5.65. The number of rotatable bonds is 4. The van der Waals surface area contributed by atoms with Crippen molar-refractivity contribution in [2.75, 3.05) is 18.0 Å². The Balaban J connectivity index is 1.21. The van der Waals surface area contributed by atoms with Crippen LogP contribution < -0.4 is 4.90 Å². The summed E-state index contributed by atoms with van der Waals surface area (Å²) >= 11 is 0. The molecule has 186 valence electrons. The van der Waals surface area contributed by atoms with Gasteiger partial charge in [-0.1, -0.05) is 0 Å². The molecular weight excluding hydrogens is 473 g/mol. The van der Waals surface area contributed by atoms with E-state index in [0.29, 0.717) is 40.2 Å². The maximum atomic E-state index is 13.0. The highest BCUT2D eigenvalue weighted by Gasteiger charge is 2.53. The average molecular weight is 495 g/mol. The highest BCUT2D eigenvalue weighted by molar-refractivity contribution is 5.82. The van der Waals surface area contributed by atoms with Crippen LogP contribution in [0.5, 0.6) is 0 Å². The van der Waals surface area contributed by atoms with Crippen LogP contribution in [0.2, 0.25) is 0 Å². The summed E-state index contributed by atoms with van der Waals surface area (Å²) in [4.78, 5) is 21.4. The Morgan fingerprint density at radius 3 is 2.37 bits per heavy atom. The number of hydrogen-bond donors (Lipinski definition) is 0. The Hall–Kier alpha value is -3.25. The number of fused-ring (bicyclic) bond motifs is 3. The normalized spacial score (nSPS) is 26.6. The van der Waals surface area contributed by atoms with E-state index in [1.165, 1.54) is 18.7 Å². The lowest BCUT2D eigenvalue weighted by atomic mass is 9.73. The van der Waals surface area contributed by atoms with Crippen molar-refractivity contribution in [1.82, 2.24) is 29.3 Å². The number of carbonyl (C=O) groups is 1. The van der Waals surface area contributed by atoms with Crippen LogP contribution in [-0.2, 0) is 4.79 Å². The zero-order valence-electron chi connectivity index (χ0n) is 18.4. The molecule has 0 radical (unpaired) electrons. The number of hydrogen-bond acceptors (Lipinski definition) is 5. The zero-order chi connectivity index (χ0) is 24.5. The van der Waals surface area contributed by atoms with Gasteiger partial charge in [-0.15, -0.1) is 0 Å². The molecule has 3 aliphatic rings. The van der Waals surface area contributed by atoms with Gasteiger partial charge in [0.1, 0.15) is 11.8 Å². The Bertz CT molecular complexity index is 1250. The molecular formula is C22H22F5N7O. The van der Waals surface area contributed by atoms with Crippen molar-refractivity contribution < 1.29 is 26.7 Å². The molecule has 3 aromatic rings. The first-order chi connectivity index (χ1) is 16.7. The second-order valence-corrected chi connectivity index (χ2v) is 9.57. The summed E-state index contributed by atoms with van der Waals surface area (Å²) in [6.45, 7) is -1.69. The van der Waals surface area contributed by atoms with E-state index in [-0.39, 0.29) is 30.8 Å². The van der Waals surface area contributed by atoms with Crippen molar-refractivity contribution in [2.24, 2.45) is 11.8 Å². The Kier molecular flexibility index (Phi) is 5.01. The van der Waals surface area contributed by atoms with Crippen molar-refractivity contribution in [3.8, 4) is 11.1 Å². The molecule has 1 saturated carbocycles. The lowest BCUT2D eigenvalue weighted by Gasteiger charge is -2.45. The van der Waals surface area contributed by atoms with Crippen LogP contribution in [-0.4, -0.2) is 66.5 Å². The molecule has 13 heteroatoms. The van der Waals surface area contributed by atoms with Crippen LogP contribution in [0.4, 0.5) is 27.8 Å². The van der Waals surface area contributed by atoms with Crippen LogP contribution in [0, 0.1) is 11.8 Å². The summed E-state index contributed by atoms with van der Waals surface area (Å²) in [6.07, 6.45) is 2.87. The first-order valence-electron chi connectivity index (χ1n) is 11.5. The minimum atomic E-state index is -4.24. The second kappa shape index (κ2) is 7.89. The molecule has 3 fully saturated rings. The van der Waals surface area contributed by atoms with Gasteiger partial charge in [-0.05, 0) is 31.7 Å². The number of anilines is 1. The van der Waals surface area contributed by atoms with Crippen LogP contribution in [0.25, 0.3) is 16.6 Å². The highest BCUT2D eigenvalue weighted by atomic mass is 19.4. The smallest absolute Gasteiger partial charge is 0.351 e. The number of aromatic nitrogens is 5. The first-order valence-corrected chi connectivity index (χ1v) is 11.5. The molecule has 35 heavy (non-hydrogen) atoms. The Morgan fingerprint density at radius 2 is 1.74 bits per heavy atom. The standard InChI is InChI=1S/C22H22F5N7O/c23-21(24)33-8-14(6-29-33)13-5-18-19(28-11-30-32(18)7-13)31-9-16-1-2-17(10-31)34(16)20(35)12-3-15(4-12)22(25,26)27/h5-8,11-12,15-17,21H,1-4,9-10H2/t12-,15+,16?,17?. The fourth-order valence-electron chi connectivity index (χ4n) is 5.65. The quantitative estimate of drug-likeness (QED) is 0.516. The van der Waals surface area contributed by atoms with E-state index in [1.54, 1.807) is 10.7 Å². The van der Waals surface area contributed by atoms with Gasteiger partial charge in [-0.2, -0.15) is 32.1 Å². The summed E-state index contributed by atoms with van der Waals surface area (Å²) in [6, 6.07) is 1.65. The number of alkyl halides is 5. The predicted molar refractivity (Wildman–Crippen MR) is 114 cm³/mol. The molecule has 1 amide bonds. The van der Waals surface area contributed by atoms with E-state index < -0.39 is 24.6 Å². The van der Waals surface area contributed by atoms with E-state index in [9.17, 15) is 26.7 Å². The minimum Gasteiger partial charge on any atom is -0.351 e. The van der Waals surface area contributed by atoms with E-state index in [2.05, 4.69) is 20.1 Å². The molecule has 2 bridgehead atoms. The highest BCUT2D eigenvalue weighted by Crippen LogP contribution is 2.47. The fraction of sp³-hybridized carbons (Fsp3) is 0.545. The lowest BCUT2D eigenvalue weighted by Crippen LogP contribution is -2.59. The van der Waals surface area contributed by atoms with Crippen molar-refractivity contribution in [2.45, 2.75) is 50.5 Å². The predicted octanol–water partition coefficient (Wildman–Crippen LogP) is 3.76. The first kappa shape index (κ1) is 22.2. The topological polar surface area (TPSA) is 71.6 Å². The number of carbonyl (C=O) groups excluding carboxylic acids is 1.